The third-order valence-corrected chi connectivity index (χ3v) is 3.76. The van der Waals surface area contributed by atoms with E-state index >= 15 is 0 Å². The van der Waals surface area contributed by atoms with Gasteiger partial charge in [0.25, 0.3) is 0 Å². The second-order valence-corrected chi connectivity index (χ2v) is 5.18. The van der Waals surface area contributed by atoms with Crippen molar-refractivity contribution < 1.29 is 14.3 Å². The number of carbonyl (C=O) groups is 1. The van der Waals surface area contributed by atoms with Crippen molar-refractivity contribution in [1.82, 2.24) is 4.90 Å². The second kappa shape index (κ2) is 7.72. The van der Waals surface area contributed by atoms with E-state index in [2.05, 4.69) is 0 Å². The molecule has 0 spiro atoms. The van der Waals surface area contributed by atoms with Crippen LogP contribution in [0.1, 0.15) is 31.2 Å². The van der Waals surface area contributed by atoms with Crippen LogP contribution in [-0.4, -0.2) is 38.1 Å². The molecular formula is C17H23NO3. The van der Waals surface area contributed by atoms with Gasteiger partial charge in [-0.3, -0.25) is 4.79 Å². The number of carbonyl (C=O) groups excluding carboxylic acids is 1. The Morgan fingerprint density at radius 3 is 2.43 bits per heavy atom. The van der Waals surface area contributed by atoms with Crippen LogP contribution < -0.4 is 9.47 Å². The Kier molecular flexibility index (Phi) is 5.67. The van der Waals surface area contributed by atoms with Crippen LogP contribution in [-0.2, 0) is 4.79 Å². The van der Waals surface area contributed by atoms with Gasteiger partial charge in [-0.2, -0.15) is 0 Å². The summed E-state index contributed by atoms with van der Waals surface area (Å²) in [5.74, 6) is 1.55. The highest BCUT2D eigenvalue weighted by atomic mass is 16.5. The maximum absolute atomic E-state index is 12.2. The van der Waals surface area contributed by atoms with Crippen LogP contribution in [0, 0.1) is 0 Å². The third-order valence-electron chi connectivity index (χ3n) is 3.76. The lowest BCUT2D eigenvalue weighted by atomic mass is 10.1. The zero-order valence-corrected chi connectivity index (χ0v) is 12.8. The van der Waals surface area contributed by atoms with E-state index in [9.17, 15) is 4.79 Å². The van der Waals surface area contributed by atoms with Gasteiger partial charge in [-0.25, -0.2) is 0 Å². The van der Waals surface area contributed by atoms with E-state index in [1.807, 2.05) is 23.1 Å². The molecule has 0 radical (unpaired) electrons. The molecule has 1 fully saturated rings. The predicted molar refractivity (Wildman–Crippen MR) is 83.6 cm³/mol. The number of ether oxygens (including phenoxy) is 2. The fraction of sp³-hybridized carbons (Fsp3) is 0.471. The third kappa shape index (κ3) is 4.25. The average molecular weight is 289 g/mol. The number of rotatable bonds is 4. The predicted octanol–water partition coefficient (Wildman–Crippen LogP) is 3.12. The van der Waals surface area contributed by atoms with Crippen LogP contribution in [0.15, 0.2) is 24.3 Å². The maximum atomic E-state index is 12.2. The summed E-state index contributed by atoms with van der Waals surface area (Å²) in [6, 6.07) is 5.55. The molecule has 1 aliphatic rings. The van der Waals surface area contributed by atoms with Gasteiger partial charge in [-0.1, -0.05) is 12.8 Å². The first-order chi connectivity index (χ1) is 10.2. The van der Waals surface area contributed by atoms with E-state index in [4.69, 9.17) is 9.47 Å². The average Bonchev–Trinajstić information content (AvgIpc) is 2.81. The largest absolute Gasteiger partial charge is 0.497 e. The number of amides is 1. The van der Waals surface area contributed by atoms with Crippen LogP contribution >= 0.6 is 0 Å². The Bertz CT molecular complexity index is 503. The van der Waals surface area contributed by atoms with E-state index in [1.54, 1.807) is 26.4 Å². The van der Waals surface area contributed by atoms with Gasteiger partial charge < -0.3 is 14.4 Å². The first-order valence-electron chi connectivity index (χ1n) is 7.43. The molecule has 2 rings (SSSR count). The van der Waals surface area contributed by atoms with Crippen LogP contribution in [0.5, 0.6) is 11.5 Å². The molecule has 114 valence electrons. The number of likely N-dealkylation sites (tertiary alicyclic amines) is 1. The van der Waals surface area contributed by atoms with Gasteiger partial charge in [0.2, 0.25) is 5.91 Å². The Morgan fingerprint density at radius 1 is 1.10 bits per heavy atom. The standard InChI is InChI=1S/C17H23NO3/c1-20-15-8-9-16(21-2)14(13-15)7-10-17(19)18-11-5-3-4-6-12-18/h7-10,13H,3-6,11-12H2,1-2H3/b10-7+. The van der Waals surface area contributed by atoms with Crippen molar-refractivity contribution in [1.29, 1.82) is 0 Å². The summed E-state index contributed by atoms with van der Waals surface area (Å²) in [5, 5.41) is 0. The summed E-state index contributed by atoms with van der Waals surface area (Å²) in [6.07, 6.45) is 8.07. The van der Waals surface area contributed by atoms with Crippen molar-refractivity contribution in [3.63, 3.8) is 0 Å². The van der Waals surface area contributed by atoms with Gasteiger partial charge in [0.05, 0.1) is 14.2 Å². The molecule has 0 aliphatic carbocycles. The molecule has 0 bridgehead atoms. The molecule has 0 N–H and O–H groups in total. The Morgan fingerprint density at radius 2 is 1.81 bits per heavy atom. The number of hydrogen-bond acceptors (Lipinski definition) is 3. The van der Waals surface area contributed by atoms with Gasteiger partial charge >= 0.3 is 0 Å². The molecule has 0 unspecified atom stereocenters. The summed E-state index contributed by atoms with van der Waals surface area (Å²) in [6.45, 7) is 1.72. The Balaban J connectivity index is 2.10. The van der Waals surface area contributed by atoms with Crippen LogP contribution in [0.3, 0.4) is 0 Å². The van der Waals surface area contributed by atoms with Crippen molar-refractivity contribution in [2.24, 2.45) is 0 Å². The summed E-state index contributed by atoms with van der Waals surface area (Å²) in [7, 11) is 3.24. The molecule has 1 aliphatic heterocycles. The van der Waals surface area contributed by atoms with E-state index in [0.717, 1.165) is 43.0 Å². The minimum absolute atomic E-state index is 0.0711. The van der Waals surface area contributed by atoms with Gasteiger partial charge in [0, 0.05) is 24.7 Å². The molecule has 1 saturated heterocycles. The SMILES string of the molecule is COc1ccc(OC)c(/C=C/C(=O)N2CCCCCC2)c1. The van der Waals surface area contributed by atoms with Gasteiger partial charge in [-0.15, -0.1) is 0 Å². The fourth-order valence-corrected chi connectivity index (χ4v) is 2.53. The van der Waals surface area contributed by atoms with Crippen LogP contribution in [0.4, 0.5) is 0 Å². The summed E-state index contributed by atoms with van der Waals surface area (Å²) < 4.78 is 10.5. The molecule has 1 aromatic rings. The molecule has 4 nitrogen and oxygen atoms in total. The lowest BCUT2D eigenvalue weighted by molar-refractivity contribution is -0.125. The topological polar surface area (TPSA) is 38.8 Å². The zero-order valence-electron chi connectivity index (χ0n) is 12.8. The normalized spacial score (nSPS) is 15.8. The number of hydrogen-bond donors (Lipinski definition) is 0. The summed E-state index contributed by atoms with van der Waals surface area (Å²) in [4.78, 5) is 14.2. The summed E-state index contributed by atoms with van der Waals surface area (Å²) in [5.41, 5.74) is 0.847. The molecular weight excluding hydrogens is 266 g/mol. The molecule has 1 heterocycles. The highest BCUT2D eigenvalue weighted by Crippen LogP contribution is 2.25. The minimum Gasteiger partial charge on any atom is -0.497 e. The molecule has 0 saturated carbocycles. The van der Waals surface area contributed by atoms with Gasteiger partial charge in [-0.05, 0) is 37.1 Å². The fourth-order valence-electron chi connectivity index (χ4n) is 2.53. The van der Waals surface area contributed by atoms with E-state index < -0.39 is 0 Å². The van der Waals surface area contributed by atoms with Crippen molar-refractivity contribution in [3.05, 3.63) is 29.8 Å². The van der Waals surface area contributed by atoms with E-state index in [-0.39, 0.29) is 5.91 Å². The molecule has 4 heteroatoms. The van der Waals surface area contributed by atoms with Crippen molar-refractivity contribution in [3.8, 4) is 11.5 Å². The van der Waals surface area contributed by atoms with E-state index in [0.29, 0.717) is 0 Å². The van der Waals surface area contributed by atoms with Gasteiger partial charge in [0.1, 0.15) is 11.5 Å². The second-order valence-electron chi connectivity index (χ2n) is 5.18. The van der Waals surface area contributed by atoms with Crippen LogP contribution in [0.25, 0.3) is 6.08 Å². The smallest absolute Gasteiger partial charge is 0.246 e. The maximum Gasteiger partial charge on any atom is 0.246 e. The van der Waals surface area contributed by atoms with Crippen LogP contribution in [0.2, 0.25) is 0 Å². The lowest BCUT2D eigenvalue weighted by Crippen LogP contribution is -2.30. The monoisotopic (exact) mass is 289 g/mol. The van der Waals surface area contributed by atoms with E-state index in [1.165, 1.54) is 12.8 Å². The molecule has 21 heavy (non-hydrogen) atoms. The Labute approximate surface area is 126 Å². The minimum atomic E-state index is 0.0711. The van der Waals surface area contributed by atoms with Crippen molar-refractivity contribution >= 4 is 12.0 Å². The molecule has 0 atom stereocenters. The molecule has 1 aromatic carbocycles. The molecule has 0 aromatic heterocycles. The number of nitrogens with zero attached hydrogens (tertiary/aromatic N) is 1. The van der Waals surface area contributed by atoms with Crippen molar-refractivity contribution in [2.75, 3.05) is 27.3 Å². The number of benzene rings is 1. The first kappa shape index (κ1) is 15.4. The summed E-state index contributed by atoms with van der Waals surface area (Å²) >= 11 is 0. The number of methoxy groups -OCH3 is 2. The highest BCUT2D eigenvalue weighted by molar-refractivity contribution is 5.92. The highest BCUT2D eigenvalue weighted by Gasteiger charge is 2.13. The zero-order chi connectivity index (χ0) is 15.1. The van der Waals surface area contributed by atoms with Crippen molar-refractivity contribution in [2.45, 2.75) is 25.7 Å². The quantitative estimate of drug-likeness (QED) is 0.799. The van der Waals surface area contributed by atoms with Gasteiger partial charge in [0.15, 0.2) is 0 Å². The molecule has 1 amide bonds. The lowest BCUT2D eigenvalue weighted by Gasteiger charge is -2.18. The Hall–Kier alpha value is -1.97. The first-order valence-corrected chi connectivity index (χ1v) is 7.43.